The molecule has 0 unspecified atom stereocenters. The first kappa shape index (κ1) is 18.0. The number of methoxy groups -OCH3 is 1. The van der Waals surface area contributed by atoms with Crippen LogP contribution < -0.4 is 15.0 Å². The summed E-state index contributed by atoms with van der Waals surface area (Å²) in [5, 5.41) is 2.90. The van der Waals surface area contributed by atoms with E-state index in [1.807, 2.05) is 55.5 Å². The fraction of sp³-hybridized carbons (Fsp3) is 0.217. The molecular weight excluding hydrogens is 350 g/mol. The van der Waals surface area contributed by atoms with Gasteiger partial charge in [0.15, 0.2) is 0 Å². The molecule has 2 aromatic carbocycles. The van der Waals surface area contributed by atoms with E-state index in [0.29, 0.717) is 5.56 Å². The standard InChI is InChI=1S/C23H23N3O2/c1-16-6-9-19(10-7-16)25-23(27)17-8-11-22(24-14-17)26-13-12-20-18(15-26)4-3-5-21(20)28-2/h3-11,14H,12-13,15H2,1-2H3,(H,25,27). The van der Waals surface area contributed by atoms with Gasteiger partial charge in [-0.25, -0.2) is 4.98 Å². The molecule has 0 radical (unpaired) electrons. The fourth-order valence-electron chi connectivity index (χ4n) is 3.51. The van der Waals surface area contributed by atoms with Crippen molar-refractivity contribution in [3.05, 3.63) is 83.0 Å². The van der Waals surface area contributed by atoms with Gasteiger partial charge in [-0.1, -0.05) is 29.8 Å². The first-order valence-electron chi connectivity index (χ1n) is 9.38. The van der Waals surface area contributed by atoms with Gasteiger partial charge in [-0.3, -0.25) is 4.79 Å². The molecule has 5 heteroatoms. The van der Waals surface area contributed by atoms with Crippen LogP contribution in [0.5, 0.6) is 5.75 Å². The highest BCUT2D eigenvalue weighted by molar-refractivity contribution is 6.04. The van der Waals surface area contributed by atoms with Crippen molar-refractivity contribution in [2.24, 2.45) is 0 Å². The second-order valence-corrected chi connectivity index (χ2v) is 6.99. The summed E-state index contributed by atoms with van der Waals surface area (Å²) in [6.45, 7) is 3.67. The molecule has 0 spiro atoms. The Bertz CT molecular complexity index is 982. The minimum atomic E-state index is -0.156. The first-order valence-corrected chi connectivity index (χ1v) is 9.38. The number of carbonyl (C=O) groups is 1. The zero-order valence-corrected chi connectivity index (χ0v) is 16.1. The maximum atomic E-state index is 12.4. The van der Waals surface area contributed by atoms with Gasteiger partial charge in [-0.2, -0.15) is 0 Å². The average Bonchev–Trinajstić information content (AvgIpc) is 2.74. The van der Waals surface area contributed by atoms with Gasteiger partial charge in [-0.15, -0.1) is 0 Å². The highest BCUT2D eigenvalue weighted by Crippen LogP contribution is 2.29. The lowest BCUT2D eigenvalue weighted by Crippen LogP contribution is -2.31. The number of carbonyl (C=O) groups excluding carboxylic acids is 1. The van der Waals surface area contributed by atoms with E-state index in [-0.39, 0.29) is 5.91 Å². The largest absolute Gasteiger partial charge is 0.496 e. The van der Waals surface area contributed by atoms with Crippen molar-refractivity contribution in [2.75, 3.05) is 23.9 Å². The van der Waals surface area contributed by atoms with Crippen molar-refractivity contribution in [1.29, 1.82) is 0 Å². The third kappa shape index (κ3) is 3.69. The Labute approximate surface area is 165 Å². The number of amides is 1. The van der Waals surface area contributed by atoms with Crippen LogP contribution in [0.4, 0.5) is 11.5 Å². The lowest BCUT2D eigenvalue weighted by atomic mass is 9.98. The first-order chi connectivity index (χ1) is 13.6. The van der Waals surface area contributed by atoms with Gasteiger partial charge in [0, 0.05) is 30.5 Å². The quantitative estimate of drug-likeness (QED) is 0.744. The van der Waals surface area contributed by atoms with E-state index in [1.54, 1.807) is 13.3 Å². The molecule has 1 aromatic heterocycles. The number of fused-ring (bicyclic) bond motifs is 1. The average molecular weight is 373 g/mol. The van der Waals surface area contributed by atoms with Crippen molar-refractivity contribution in [3.63, 3.8) is 0 Å². The van der Waals surface area contributed by atoms with Gasteiger partial charge >= 0.3 is 0 Å². The molecule has 0 atom stereocenters. The van der Waals surface area contributed by atoms with E-state index < -0.39 is 0 Å². The molecule has 4 rings (SSSR count). The van der Waals surface area contributed by atoms with E-state index in [0.717, 1.165) is 42.3 Å². The third-order valence-corrected chi connectivity index (χ3v) is 5.09. The van der Waals surface area contributed by atoms with E-state index in [9.17, 15) is 4.79 Å². The molecule has 1 aliphatic heterocycles. The predicted octanol–water partition coefficient (Wildman–Crippen LogP) is 4.21. The van der Waals surface area contributed by atoms with E-state index in [1.165, 1.54) is 11.1 Å². The lowest BCUT2D eigenvalue weighted by molar-refractivity contribution is 0.102. The van der Waals surface area contributed by atoms with Crippen molar-refractivity contribution in [2.45, 2.75) is 19.9 Å². The van der Waals surface area contributed by atoms with Gasteiger partial charge in [0.1, 0.15) is 11.6 Å². The third-order valence-electron chi connectivity index (χ3n) is 5.09. The Morgan fingerprint density at radius 3 is 2.64 bits per heavy atom. The second kappa shape index (κ2) is 7.72. The molecule has 3 aromatic rings. The molecule has 0 aliphatic carbocycles. The fourth-order valence-corrected chi connectivity index (χ4v) is 3.51. The Kier molecular flexibility index (Phi) is 4.98. The number of anilines is 2. The number of ether oxygens (including phenoxy) is 1. The van der Waals surface area contributed by atoms with Crippen molar-refractivity contribution in [3.8, 4) is 5.75 Å². The zero-order valence-electron chi connectivity index (χ0n) is 16.1. The summed E-state index contributed by atoms with van der Waals surface area (Å²) in [7, 11) is 1.71. The topological polar surface area (TPSA) is 54.5 Å². The van der Waals surface area contributed by atoms with Crippen LogP contribution in [0.25, 0.3) is 0 Å². The van der Waals surface area contributed by atoms with Gasteiger partial charge in [-0.05, 0) is 49.2 Å². The highest BCUT2D eigenvalue weighted by atomic mass is 16.5. The molecule has 1 aliphatic rings. The molecule has 5 nitrogen and oxygen atoms in total. The molecule has 0 saturated heterocycles. The smallest absolute Gasteiger partial charge is 0.257 e. The summed E-state index contributed by atoms with van der Waals surface area (Å²) >= 11 is 0. The number of nitrogens with one attached hydrogen (secondary N) is 1. The molecule has 0 fully saturated rings. The van der Waals surface area contributed by atoms with Crippen LogP contribution in [0.2, 0.25) is 0 Å². The summed E-state index contributed by atoms with van der Waals surface area (Å²) in [4.78, 5) is 19.2. The number of nitrogens with zero attached hydrogens (tertiary/aromatic N) is 2. The van der Waals surface area contributed by atoms with E-state index >= 15 is 0 Å². The number of benzene rings is 2. The van der Waals surface area contributed by atoms with Gasteiger partial charge in [0.2, 0.25) is 0 Å². The summed E-state index contributed by atoms with van der Waals surface area (Å²) in [5.41, 5.74) is 5.01. The molecular formula is C23H23N3O2. The maximum Gasteiger partial charge on any atom is 0.257 e. The Morgan fingerprint density at radius 1 is 1.11 bits per heavy atom. The number of hydrogen-bond donors (Lipinski definition) is 1. The molecule has 2 heterocycles. The number of hydrogen-bond acceptors (Lipinski definition) is 4. The summed E-state index contributed by atoms with van der Waals surface area (Å²) in [6, 6.07) is 17.6. The molecule has 1 N–H and O–H groups in total. The second-order valence-electron chi connectivity index (χ2n) is 6.99. The van der Waals surface area contributed by atoms with Gasteiger partial charge < -0.3 is 15.0 Å². The van der Waals surface area contributed by atoms with E-state index in [4.69, 9.17) is 4.74 Å². The monoisotopic (exact) mass is 373 g/mol. The summed E-state index contributed by atoms with van der Waals surface area (Å²) in [6.07, 6.45) is 2.55. The Morgan fingerprint density at radius 2 is 1.93 bits per heavy atom. The summed E-state index contributed by atoms with van der Waals surface area (Å²) in [5.74, 6) is 1.67. The Balaban J connectivity index is 1.46. The maximum absolute atomic E-state index is 12.4. The van der Waals surface area contributed by atoms with Crippen LogP contribution in [0.1, 0.15) is 27.0 Å². The van der Waals surface area contributed by atoms with Crippen molar-refractivity contribution < 1.29 is 9.53 Å². The summed E-state index contributed by atoms with van der Waals surface area (Å²) < 4.78 is 5.47. The van der Waals surface area contributed by atoms with Crippen LogP contribution >= 0.6 is 0 Å². The number of aryl methyl sites for hydroxylation is 1. The molecule has 1 amide bonds. The van der Waals surface area contributed by atoms with Crippen LogP contribution in [0.15, 0.2) is 60.8 Å². The molecule has 0 bridgehead atoms. The number of aromatic nitrogens is 1. The molecule has 28 heavy (non-hydrogen) atoms. The minimum Gasteiger partial charge on any atom is -0.496 e. The van der Waals surface area contributed by atoms with Crippen molar-refractivity contribution >= 4 is 17.4 Å². The van der Waals surface area contributed by atoms with Gasteiger partial charge in [0.05, 0.1) is 12.7 Å². The molecule has 0 saturated carbocycles. The van der Waals surface area contributed by atoms with Gasteiger partial charge in [0.25, 0.3) is 5.91 Å². The number of pyridine rings is 1. The SMILES string of the molecule is COc1cccc2c1CCN(c1ccc(C(=O)Nc3ccc(C)cc3)cn1)C2. The Hall–Kier alpha value is -3.34. The van der Waals surface area contributed by atoms with Crippen LogP contribution in [-0.4, -0.2) is 24.5 Å². The van der Waals surface area contributed by atoms with Crippen LogP contribution in [0.3, 0.4) is 0 Å². The predicted molar refractivity (Wildman–Crippen MR) is 111 cm³/mol. The zero-order chi connectivity index (χ0) is 19.5. The normalized spacial score (nSPS) is 13.0. The molecule has 142 valence electrons. The number of rotatable bonds is 4. The van der Waals surface area contributed by atoms with E-state index in [2.05, 4.69) is 21.3 Å². The minimum absolute atomic E-state index is 0.156. The van der Waals surface area contributed by atoms with Crippen LogP contribution in [-0.2, 0) is 13.0 Å². The highest BCUT2D eigenvalue weighted by Gasteiger charge is 2.20. The van der Waals surface area contributed by atoms with Crippen LogP contribution in [0, 0.1) is 6.92 Å². The lowest BCUT2D eigenvalue weighted by Gasteiger charge is -2.30. The van der Waals surface area contributed by atoms with Crippen molar-refractivity contribution in [1.82, 2.24) is 4.98 Å².